The minimum atomic E-state index is -3.45. The molecule has 92 valence electrons. The summed E-state index contributed by atoms with van der Waals surface area (Å²) >= 11 is 1.11. The molecule has 8 heteroatoms. The van der Waals surface area contributed by atoms with Gasteiger partial charge in [-0.15, -0.1) is 11.3 Å². The van der Waals surface area contributed by atoms with Gasteiger partial charge in [0.25, 0.3) is 0 Å². The number of nitrogen functional groups attached to an aromatic ring is 1. The molecule has 0 radical (unpaired) electrons. The number of nitrogens with zero attached hydrogens (tertiary/aromatic N) is 2. The molecule has 3 N–H and O–H groups in total. The third-order valence-electron chi connectivity index (χ3n) is 2.05. The number of rotatable bonds is 5. The smallest absolute Gasteiger partial charge is 0.250 e. The van der Waals surface area contributed by atoms with Crippen LogP contribution in [0.5, 0.6) is 0 Å². The van der Waals surface area contributed by atoms with Gasteiger partial charge in [-0.25, -0.2) is 13.1 Å². The van der Waals surface area contributed by atoms with E-state index in [1.165, 1.54) is 6.07 Å². The maximum absolute atomic E-state index is 11.8. The lowest BCUT2D eigenvalue weighted by molar-refractivity contribution is 0.562. The third kappa shape index (κ3) is 3.05. The predicted octanol–water partition coefficient (Wildman–Crippen LogP) is 0.505. The van der Waals surface area contributed by atoms with Crippen molar-refractivity contribution in [1.82, 2.24) is 14.5 Å². The quantitative estimate of drug-likeness (QED) is 0.829. The van der Waals surface area contributed by atoms with Crippen LogP contribution >= 0.6 is 11.3 Å². The molecule has 2 rings (SSSR count). The van der Waals surface area contributed by atoms with Crippen molar-refractivity contribution in [1.29, 1.82) is 0 Å². The molecule has 0 amide bonds. The van der Waals surface area contributed by atoms with Crippen LogP contribution in [0, 0.1) is 0 Å². The number of nitrogens with one attached hydrogen (secondary N) is 1. The Bertz CT molecular complexity index is 574. The highest BCUT2D eigenvalue weighted by Gasteiger charge is 2.15. The Hall–Kier alpha value is -1.38. The summed E-state index contributed by atoms with van der Waals surface area (Å²) in [4.78, 5) is 0. The highest BCUT2D eigenvalue weighted by atomic mass is 32.2. The first kappa shape index (κ1) is 12.1. The number of hydrogen-bond donors (Lipinski definition) is 2. The summed E-state index contributed by atoms with van der Waals surface area (Å²) in [6.07, 6.45) is 3.42. The fraction of sp³-hybridized carbons (Fsp3) is 0.222. The molecule has 0 bridgehead atoms. The van der Waals surface area contributed by atoms with Crippen LogP contribution < -0.4 is 10.5 Å². The summed E-state index contributed by atoms with van der Waals surface area (Å²) in [6.45, 7) is 0.787. The molecule has 17 heavy (non-hydrogen) atoms. The first-order valence-electron chi connectivity index (χ1n) is 4.89. The molecule has 0 spiro atoms. The van der Waals surface area contributed by atoms with Crippen molar-refractivity contribution in [2.24, 2.45) is 0 Å². The molecular weight excluding hydrogens is 260 g/mol. The summed E-state index contributed by atoms with van der Waals surface area (Å²) in [5.74, 6) is 0. The summed E-state index contributed by atoms with van der Waals surface area (Å²) in [5.41, 5.74) is 5.95. The Morgan fingerprint density at radius 1 is 1.53 bits per heavy atom. The van der Waals surface area contributed by atoms with Gasteiger partial charge in [-0.1, -0.05) is 0 Å². The molecular formula is C9H12N4O2S2. The van der Waals surface area contributed by atoms with E-state index in [1.807, 2.05) is 0 Å². The topological polar surface area (TPSA) is 90.0 Å². The monoisotopic (exact) mass is 272 g/mol. The minimum absolute atomic E-state index is 0.232. The number of nitrogens with two attached hydrogens (primary N) is 1. The van der Waals surface area contributed by atoms with Crippen LogP contribution in [0.15, 0.2) is 34.1 Å². The molecule has 6 nitrogen and oxygen atoms in total. The average Bonchev–Trinajstić information content (AvgIpc) is 2.89. The Balaban J connectivity index is 1.94. The Kier molecular flexibility index (Phi) is 3.46. The van der Waals surface area contributed by atoms with Gasteiger partial charge in [0.2, 0.25) is 10.0 Å². The Labute approximate surface area is 103 Å². The Morgan fingerprint density at radius 3 is 2.94 bits per heavy atom. The molecule has 0 saturated carbocycles. The van der Waals surface area contributed by atoms with Crippen molar-refractivity contribution >= 4 is 27.0 Å². The lowest BCUT2D eigenvalue weighted by atomic mass is 10.6. The predicted molar refractivity (Wildman–Crippen MR) is 66.1 cm³/mol. The van der Waals surface area contributed by atoms with E-state index in [-0.39, 0.29) is 4.21 Å². The minimum Gasteiger partial charge on any atom is -0.398 e. The van der Waals surface area contributed by atoms with E-state index in [0.717, 1.165) is 11.3 Å². The molecule has 2 aromatic heterocycles. The highest BCUT2D eigenvalue weighted by molar-refractivity contribution is 7.91. The molecule has 0 aliphatic carbocycles. The second-order valence-electron chi connectivity index (χ2n) is 3.37. The zero-order chi connectivity index (χ0) is 12.3. The van der Waals surface area contributed by atoms with Crippen molar-refractivity contribution in [3.05, 3.63) is 29.9 Å². The van der Waals surface area contributed by atoms with Gasteiger partial charge in [0.15, 0.2) is 0 Å². The van der Waals surface area contributed by atoms with E-state index in [0.29, 0.717) is 18.8 Å². The van der Waals surface area contributed by atoms with Crippen LogP contribution in [0.25, 0.3) is 0 Å². The molecule has 0 unspecified atom stereocenters. The van der Waals surface area contributed by atoms with E-state index in [4.69, 9.17) is 5.73 Å². The lowest BCUT2D eigenvalue weighted by Crippen LogP contribution is -2.26. The number of hydrogen-bond acceptors (Lipinski definition) is 5. The largest absolute Gasteiger partial charge is 0.398 e. The maximum atomic E-state index is 11.8. The number of sulfonamides is 1. The van der Waals surface area contributed by atoms with Crippen LogP contribution in [0.2, 0.25) is 0 Å². The fourth-order valence-electron chi connectivity index (χ4n) is 1.27. The second kappa shape index (κ2) is 4.86. The first-order valence-corrected chi connectivity index (χ1v) is 7.25. The van der Waals surface area contributed by atoms with Crippen LogP contribution in [-0.2, 0) is 16.6 Å². The van der Waals surface area contributed by atoms with Crippen LogP contribution in [0.3, 0.4) is 0 Å². The van der Waals surface area contributed by atoms with Crippen molar-refractivity contribution in [2.75, 3.05) is 12.3 Å². The van der Waals surface area contributed by atoms with Gasteiger partial charge in [0, 0.05) is 30.0 Å². The van der Waals surface area contributed by atoms with E-state index in [9.17, 15) is 8.42 Å². The third-order valence-corrected chi connectivity index (χ3v) is 4.97. The van der Waals surface area contributed by atoms with Crippen molar-refractivity contribution < 1.29 is 8.42 Å². The first-order chi connectivity index (χ1) is 8.08. The molecule has 0 atom stereocenters. The summed E-state index contributed by atoms with van der Waals surface area (Å²) < 4.78 is 28.0. The van der Waals surface area contributed by atoms with E-state index in [2.05, 4.69) is 9.82 Å². The van der Waals surface area contributed by atoms with E-state index < -0.39 is 10.0 Å². The van der Waals surface area contributed by atoms with E-state index >= 15 is 0 Å². The fourth-order valence-corrected chi connectivity index (χ4v) is 3.42. The SMILES string of the molecule is Nc1csc(S(=O)(=O)NCCn2cccn2)c1. The molecule has 2 heterocycles. The summed E-state index contributed by atoms with van der Waals surface area (Å²) in [7, 11) is -3.45. The number of anilines is 1. The van der Waals surface area contributed by atoms with E-state index in [1.54, 1.807) is 28.5 Å². The van der Waals surface area contributed by atoms with Gasteiger partial charge >= 0.3 is 0 Å². The molecule has 2 aromatic rings. The van der Waals surface area contributed by atoms with Crippen molar-refractivity contribution in [2.45, 2.75) is 10.8 Å². The van der Waals surface area contributed by atoms with Crippen molar-refractivity contribution in [3.63, 3.8) is 0 Å². The standard InChI is InChI=1S/C9H12N4O2S2/c10-8-6-9(16-7-8)17(14,15)12-3-5-13-4-1-2-11-13/h1-2,4,6-7,12H,3,5,10H2. The molecule has 0 aliphatic heterocycles. The summed E-state index contributed by atoms with van der Waals surface area (Å²) in [5, 5.41) is 5.58. The van der Waals surface area contributed by atoms with Gasteiger partial charge in [0.1, 0.15) is 4.21 Å². The number of aromatic nitrogens is 2. The molecule has 0 aromatic carbocycles. The average molecular weight is 272 g/mol. The molecule has 0 saturated heterocycles. The maximum Gasteiger partial charge on any atom is 0.250 e. The second-order valence-corrected chi connectivity index (χ2v) is 6.27. The van der Waals surface area contributed by atoms with Gasteiger partial charge in [-0.2, -0.15) is 5.10 Å². The summed E-state index contributed by atoms with van der Waals surface area (Å²) in [6, 6.07) is 3.23. The van der Waals surface area contributed by atoms with Gasteiger partial charge < -0.3 is 5.73 Å². The Morgan fingerprint density at radius 2 is 2.35 bits per heavy atom. The van der Waals surface area contributed by atoms with Crippen LogP contribution in [0.4, 0.5) is 5.69 Å². The van der Waals surface area contributed by atoms with Crippen molar-refractivity contribution in [3.8, 4) is 0 Å². The number of thiophene rings is 1. The van der Waals surface area contributed by atoms with Crippen LogP contribution in [0.1, 0.15) is 0 Å². The zero-order valence-electron chi connectivity index (χ0n) is 8.91. The normalized spacial score (nSPS) is 11.8. The van der Waals surface area contributed by atoms with Crippen LogP contribution in [-0.4, -0.2) is 24.7 Å². The van der Waals surface area contributed by atoms with Gasteiger partial charge in [-0.05, 0) is 12.1 Å². The molecule has 0 aliphatic rings. The highest BCUT2D eigenvalue weighted by Crippen LogP contribution is 2.20. The lowest BCUT2D eigenvalue weighted by Gasteiger charge is -2.04. The van der Waals surface area contributed by atoms with Gasteiger partial charge in [-0.3, -0.25) is 4.68 Å². The zero-order valence-corrected chi connectivity index (χ0v) is 10.5. The molecule has 0 fully saturated rings. The van der Waals surface area contributed by atoms with Gasteiger partial charge in [0.05, 0.1) is 6.54 Å².